The summed E-state index contributed by atoms with van der Waals surface area (Å²) in [4.78, 5) is 24.3. The molecule has 0 unspecified atom stereocenters. The van der Waals surface area contributed by atoms with Gasteiger partial charge >= 0.3 is 0 Å². The molecule has 134 valence electrons. The number of rotatable bonds is 3. The Bertz CT molecular complexity index is 1020. The Kier molecular flexibility index (Phi) is 4.58. The van der Waals surface area contributed by atoms with Gasteiger partial charge in [-0.2, -0.15) is 5.26 Å². The summed E-state index contributed by atoms with van der Waals surface area (Å²) < 4.78 is 0. The zero-order chi connectivity index (χ0) is 18.6. The van der Waals surface area contributed by atoms with E-state index >= 15 is 0 Å². The highest BCUT2D eigenvalue weighted by Crippen LogP contribution is 2.24. The number of aromatic amines is 1. The molecule has 3 heterocycles. The van der Waals surface area contributed by atoms with E-state index in [1.54, 1.807) is 6.08 Å². The highest BCUT2D eigenvalue weighted by Gasteiger charge is 2.22. The minimum atomic E-state index is 0.0818. The standard InChI is InChI=1S/C21H19N5O/c22-8-4-7-17-14-23-20-19(17)13-18(15-24-20)25-9-11-26(12-10-25)21(27)16-5-2-1-3-6-16/h1-7,13-15H,9-12H2,(H,23,24)/b7-4+. The second-order valence-corrected chi connectivity index (χ2v) is 6.44. The van der Waals surface area contributed by atoms with Crippen molar-refractivity contribution in [2.75, 3.05) is 31.1 Å². The summed E-state index contributed by atoms with van der Waals surface area (Å²) in [5.41, 5.74) is 3.50. The Morgan fingerprint density at radius 2 is 1.96 bits per heavy atom. The second-order valence-electron chi connectivity index (χ2n) is 6.44. The molecule has 4 rings (SSSR count). The third kappa shape index (κ3) is 3.40. The van der Waals surface area contributed by atoms with Crippen LogP contribution in [0.3, 0.4) is 0 Å². The molecule has 1 aliphatic rings. The van der Waals surface area contributed by atoms with Crippen molar-refractivity contribution in [3.8, 4) is 6.07 Å². The lowest BCUT2D eigenvalue weighted by Crippen LogP contribution is -2.48. The monoisotopic (exact) mass is 357 g/mol. The second kappa shape index (κ2) is 7.34. The minimum absolute atomic E-state index is 0.0818. The number of pyridine rings is 1. The number of carbonyl (C=O) groups excluding carboxylic acids is 1. The summed E-state index contributed by atoms with van der Waals surface area (Å²) >= 11 is 0. The smallest absolute Gasteiger partial charge is 0.253 e. The Labute approximate surface area is 157 Å². The Hall–Kier alpha value is -3.59. The van der Waals surface area contributed by atoms with Crippen LogP contribution in [0.2, 0.25) is 0 Å². The molecule has 1 aliphatic heterocycles. The summed E-state index contributed by atoms with van der Waals surface area (Å²) in [6.07, 6.45) is 6.95. The lowest BCUT2D eigenvalue weighted by molar-refractivity contribution is 0.0747. The number of aromatic nitrogens is 2. The zero-order valence-electron chi connectivity index (χ0n) is 14.8. The maximum atomic E-state index is 12.6. The number of carbonyl (C=O) groups is 1. The fourth-order valence-electron chi connectivity index (χ4n) is 3.38. The van der Waals surface area contributed by atoms with Crippen molar-refractivity contribution >= 4 is 28.7 Å². The minimum Gasteiger partial charge on any atom is -0.367 e. The van der Waals surface area contributed by atoms with Crippen LogP contribution in [-0.4, -0.2) is 47.0 Å². The van der Waals surface area contributed by atoms with Crippen molar-refractivity contribution in [3.05, 3.63) is 66.0 Å². The van der Waals surface area contributed by atoms with E-state index in [9.17, 15) is 4.79 Å². The summed E-state index contributed by atoms with van der Waals surface area (Å²) in [5.74, 6) is 0.0818. The maximum Gasteiger partial charge on any atom is 0.253 e. The van der Waals surface area contributed by atoms with E-state index in [0.717, 1.165) is 40.9 Å². The van der Waals surface area contributed by atoms with E-state index in [4.69, 9.17) is 5.26 Å². The first kappa shape index (κ1) is 16.9. The van der Waals surface area contributed by atoms with Gasteiger partial charge in [-0.05, 0) is 24.3 Å². The van der Waals surface area contributed by atoms with E-state index in [-0.39, 0.29) is 5.91 Å². The van der Waals surface area contributed by atoms with Crippen molar-refractivity contribution in [1.29, 1.82) is 5.26 Å². The Balaban J connectivity index is 1.49. The van der Waals surface area contributed by atoms with Gasteiger partial charge in [-0.3, -0.25) is 4.79 Å². The van der Waals surface area contributed by atoms with Crippen molar-refractivity contribution < 1.29 is 4.79 Å². The molecule has 0 radical (unpaired) electrons. The van der Waals surface area contributed by atoms with Gasteiger partial charge in [-0.25, -0.2) is 4.98 Å². The number of amides is 1. The average molecular weight is 357 g/mol. The largest absolute Gasteiger partial charge is 0.367 e. The van der Waals surface area contributed by atoms with Crippen LogP contribution in [0, 0.1) is 11.3 Å². The molecule has 0 atom stereocenters. The molecular formula is C21H19N5O. The van der Waals surface area contributed by atoms with Crippen LogP contribution in [0.4, 0.5) is 5.69 Å². The fraction of sp³-hybridized carbons (Fsp3) is 0.190. The molecule has 1 saturated heterocycles. The van der Waals surface area contributed by atoms with Crippen LogP contribution >= 0.6 is 0 Å². The number of nitrogens with one attached hydrogen (secondary N) is 1. The average Bonchev–Trinajstić information content (AvgIpc) is 3.14. The van der Waals surface area contributed by atoms with Crippen LogP contribution in [0.1, 0.15) is 15.9 Å². The number of piperazine rings is 1. The molecule has 1 aromatic carbocycles. The van der Waals surface area contributed by atoms with Crippen molar-refractivity contribution in [2.24, 2.45) is 0 Å². The number of anilines is 1. The quantitative estimate of drug-likeness (QED) is 0.731. The van der Waals surface area contributed by atoms with Gasteiger partial charge in [0.2, 0.25) is 0 Å². The molecule has 0 spiro atoms. The maximum absolute atomic E-state index is 12.6. The number of hydrogen-bond donors (Lipinski definition) is 1. The number of allylic oxidation sites excluding steroid dienone is 1. The van der Waals surface area contributed by atoms with Gasteiger partial charge in [0.15, 0.2) is 0 Å². The number of fused-ring (bicyclic) bond motifs is 1. The molecule has 1 N–H and O–H groups in total. The summed E-state index contributed by atoms with van der Waals surface area (Å²) in [7, 11) is 0. The van der Waals surface area contributed by atoms with Gasteiger partial charge in [0.25, 0.3) is 5.91 Å². The van der Waals surface area contributed by atoms with E-state index in [1.807, 2.05) is 53.7 Å². The molecular weight excluding hydrogens is 338 g/mol. The number of nitriles is 1. The van der Waals surface area contributed by atoms with Crippen LogP contribution in [0.25, 0.3) is 17.1 Å². The van der Waals surface area contributed by atoms with Gasteiger partial charge in [-0.1, -0.05) is 18.2 Å². The summed E-state index contributed by atoms with van der Waals surface area (Å²) in [6.45, 7) is 2.89. The lowest BCUT2D eigenvalue weighted by Gasteiger charge is -2.36. The van der Waals surface area contributed by atoms with Gasteiger partial charge in [-0.15, -0.1) is 0 Å². The van der Waals surface area contributed by atoms with Crippen LogP contribution in [0.5, 0.6) is 0 Å². The topological polar surface area (TPSA) is 76.0 Å². The van der Waals surface area contributed by atoms with E-state index in [0.29, 0.717) is 13.1 Å². The number of nitrogens with zero attached hydrogens (tertiary/aromatic N) is 4. The molecule has 0 bridgehead atoms. The number of benzene rings is 1. The van der Waals surface area contributed by atoms with Crippen molar-refractivity contribution in [2.45, 2.75) is 0 Å². The molecule has 1 fully saturated rings. The SMILES string of the molecule is N#C/C=C/c1c[nH]c2ncc(N3CCN(C(=O)c4ccccc4)CC3)cc12. The molecule has 6 heteroatoms. The third-order valence-corrected chi connectivity index (χ3v) is 4.84. The predicted molar refractivity (Wildman–Crippen MR) is 105 cm³/mol. The van der Waals surface area contributed by atoms with E-state index in [1.165, 1.54) is 6.08 Å². The highest BCUT2D eigenvalue weighted by atomic mass is 16.2. The van der Waals surface area contributed by atoms with Gasteiger partial charge in [0.1, 0.15) is 5.65 Å². The molecule has 3 aromatic rings. The Morgan fingerprint density at radius 1 is 1.19 bits per heavy atom. The number of H-pyrrole nitrogens is 1. The van der Waals surface area contributed by atoms with E-state index < -0.39 is 0 Å². The number of hydrogen-bond acceptors (Lipinski definition) is 4. The molecule has 2 aromatic heterocycles. The normalized spacial score (nSPS) is 14.6. The fourth-order valence-corrected chi connectivity index (χ4v) is 3.38. The predicted octanol–water partition coefficient (Wildman–Crippen LogP) is 3.06. The first-order valence-electron chi connectivity index (χ1n) is 8.89. The Morgan fingerprint density at radius 3 is 2.70 bits per heavy atom. The van der Waals surface area contributed by atoms with Crippen LogP contribution in [-0.2, 0) is 0 Å². The molecule has 0 saturated carbocycles. The van der Waals surface area contributed by atoms with Crippen LogP contribution in [0.15, 0.2) is 54.9 Å². The van der Waals surface area contributed by atoms with E-state index in [2.05, 4.69) is 20.9 Å². The summed E-state index contributed by atoms with van der Waals surface area (Å²) in [5, 5.41) is 9.73. The highest BCUT2D eigenvalue weighted by molar-refractivity contribution is 5.94. The van der Waals surface area contributed by atoms with Gasteiger partial charge < -0.3 is 14.8 Å². The first-order valence-corrected chi connectivity index (χ1v) is 8.89. The molecule has 6 nitrogen and oxygen atoms in total. The third-order valence-electron chi connectivity index (χ3n) is 4.84. The summed E-state index contributed by atoms with van der Waals surface area (Å²) in [6, 6.07) is 13.5. The van der Waals surface area contributed by atoms with Crippen molar-refractivity contribution in [3.63, 3.8) is 0 Å². The van der Waals surface area contributed by atoms with Gasteiger partial charge in [0.05, 0.1) is 18.0 Å². The first-order chi connectivity index (χ1) is 13.3. The van der Waals surface area contributed by atoms with Crippen molar-refractivity contribution in [1.82, 2.24) is 14.9 Å². The lowest BCUT2D eigenvalue weighted by atomic mass is 10.1. The van der Waals surface area contributed by atoms with Crippen LogP contribution < -0.4 is 4.90 Å². The van der Waals surface area contributed by atoms with Gasteiger partial charge in [0, 0.05) is 55.0 Å². The molecule has 0 aliphatic carbocycles. The molecule has 27 heavy (non-hydrogen) atoms. The zero-order valence-corrected chi connectivity index (χ0v) is 14.8. The molecule has 1 amide bonds.